The number of hydrogen-bond acceptors (Lipinski definition) is 1. The van der Waals surface area contributed by atoms with Gasteiger partial charge in [0.1, 0.15) is 5.69 Å². The number of anilines is 1. The number of rotatable bonds is 3. The third-order valence-corrected chi connectivity index (χ3v) is 3.33. The molecule has 0 aliphatic carbocycles. The minimum absolute atomic E-state index is 0.121. The number of H-pyrrole nitrogens is 1. The highest BCUT2D eigenvalue weighted by Gasteiger charge is 2.11. The fourth-order valence-electron chi connectivity index (χ4n) is 1.88. The van der Waals surface area contributed by atoms with Crippen LogP contribution in [0.3, 0.4) is 0 Å². The van der Waals surface area contributed by atoms with Crippen molar-refractivity contribution in [1.29, 1.82) is 0 Å². The van der Waals surface area contributed by atoms with Crippen LogP contribution in [0, 0.1) is 6.92 Å². The van der Waals surface area contributed by atoms with Crippen LogP contribution in [-0.2, 0) is 6.42 Å². The number of aromatic nitrogens is 1. The van der Waals surface area contributed by atoms with Crippen molar-refractivity contribution in [2.75, 3.05) is 5.32 Å². The van der Waals surface area contributed by atoms with E-state index in [0.29, 0.717) is 5.69 Å². The van der Waals surface area contributed by atoms with E-state index >= 15 is 0 Å². The molecule has 2 rings (SSSR count). The number of carbonyl (C=O) groups is 1. The summed E-state index contributed by atoms with van der Waals surface area (Å²) in [6, 6.07) is 7.81. The first-order valence-corrected chi connectivity index (χ1v) is 6.65. The van der Waals surface area contributed by atoms with E-state index in [0.717, 1.165) is 27.7 Å². The van der Waals surface area contributed by atoms with Crippen molar-refractivity contribution in [3.8, 4) is 0 Å². The molecule has 0 atom stereocenters. The van der Waals surface area contributed by atoms with E-state index in [1.54, 1.807) is 12.3 Å². The van der Waals surface area contributed by atoms with Crippen molar-refractivity contribution in [3.05, 3.63) is 51.8 Å². The quantitative estimate of drug-likeness (QED) is 0.887. The monoisotopic (exact) mass is 306 g/mol. The maximum atomic E-state index is 12.1. The van der Waals surface area contributed by atoms with Crippen LogP contribution in [0.15, 0.2) is 34.9 Å². The van der Waals surface area contributed by atoms with Crippen LogP contribution in [-0.4, -0.2) is 10.9 Å². The van der Waals surface area contributed by atoms with Gasteiger partial charge in [0.05, 0.1) is 0 Å². The molecule has 0 radical (unpaired) electrons. The van der Waals surface area contributed by atoms with Gasteiger partial charge in [0.15, 0.2) is 0 Å². The van der Waals surface area contributed by atoms with E-state index in [4.69, 9.17) is 0 Å². The maximum absolute atomic E-state index is 12.1. The second-order valence-electron chi connectivity index (χ2n) is 4.15. The van der Waals surface area contributed by atoms with Crippen LogP contribution in [0.5, 0.6) is 0 Å². The molecule has 4 heteroatoms. The number of nitrogens with one attached hydrogen (secondary N) is 2. The third kappa shape index (κ3) is 2.64. The van der Waals surface area contributed by atoms with Crippen molar-refractivity contribution in [2.45, 2.75) is 20.3 Å². The fraction of sp³-hybridized carbons (Fsp3) is 0.214. The van der Waals surface area contributed by atoms with Gasteiger partial charge < -0.3 is 10.3 Å². The van der Waals surface area contributed by atoms with Crippen LogP contribution in [0.1, 0.15) is 28.5 Å². The molecule has 0 saturated heterocycles. The molecule has 94 valence electrons. The van der Waals surface area contributed by atoms with Crippen LogP contribution in [0.4, 0.5) is 5.69 Å². The molecular weight excluding hydrogens is 292 g/mol. The van der Waals surface area contributed by atoms with Gasteiger partial charge in [-0.05, 0) is 46.5 Å². The van der Waals surface area contributed by atoms with E-state index in [1.165, 1.54) is 0 Å². The first kappa shape index (κ1) is 12.9. The van der Waals surface area contributed by atoms with Crippen LogP contribution in [0.25, 0.3) is 0 Å². The molecular formula is C14H15BrN2O. The molecule has 1 amide bonds. The predicted molar refractivity (Wildman–Crippen MR) is 77.0 cm³/mol. The minimum atomic E-state index is -0.121. The molecule has 0 spiro atoms. The lowest BCUT2D eigenvalue weighted by Crippen LogP contribution is -2.14. The summed E-state index contributed by atoms with van der Waals surface area (Å²) in [5.74, 6) is -0.121. The number of benzene rings is 1. The summed E-state index contributed by atoms with van der Waals surface area (Å²) in [5.41, 5.74) is 3.69. The largest absolute Gasteiger partial charge is 0.356 e. The molecule has 3 nitrogen and oxygen atoms in total. The third-order valence-electron chi connectivity index (χ3n) is 2.87. The number of hydrogen-bond donors (Lipinski definition) is 2. The van der Waals surface area contributed by atoms with Gasteiger partial charge in [0.25, 0.3) is 5.91 Å². The Morgan fingerprint density at radius 2 is 2.22 bits per heavy atom. The first-order chi connectivity index (χ1) is 8.61. The Labute approximate surface area is 115 Å². The van der Waals surface area contributed by atoms with Crippen LogP contribution < -0.4 is 5.32 Å². The lowest BCUT2D eigenvalue weighted by atomic mass is 10.1. The zero-order valence-electron chi connectivity index (χ0n) is 10.4. The van der Waals surface area contributed by atoms with Crippen molar-refractivity contribution in [3.63, 3.8) is 0 Å². The highest BCUT2D eigenvalue weighted by atomic mass is 79.9. The standard InChI is InChI=1S/C14H15BrN2O/c1-3-10-6-4-5-9(2)13(10)17-14(18)12-7-11(15)8-16-12/h4-8,16H,3H2,1-2H3,(H,17,18). The average Bonchev–Trinajstić information content (AvgIpc) is 2.78. The predicted octanol–water partition coefficient (Wildman–Crippen LogP) is 3.90. The Hall–Kier alpha value is -1.55. The van der Waals surface area contributed by atoms with Crippen molar-refractivity contribution in [1.82, 2.24) is 4.98 Å². The fourth-order valence-corrected chi connectivity index (χ4v) is 2.23. The first-order valence-electron chi connectivity index (χ1n) is 5.85. The number of carbonyl (C=O) groups excluding carboxylic acids is 1. The summed E-state index contributed by atoms with van der Waals surface area (Å²) in [6.07, 6.45) is 2.64. The second-order valence-corrected chi connectivity index (χ2v) is 5.06. The summed E-state index contributed by atoms with van der Waals surface area (Å²) in [7, 11) is 0. The Balaban J connectivity index is 2.26. The van der Waals surface area contributed by atoms with Crippen molar-refractivity contribution in [2.24, 2.45) is 0 Å². The Bertz CT molecular complexity index is 575. The van der Waals surface area contributed by atoms with E-state index in [-0.39, 0.29) is 5.91 Å². The number of aryl methyl sites for hydroxylation is 2. The molecule has 0 aliphatic rings. The molecule has 2 N–H and O–H groups in total. The number of para-hydroxylation sites is 1. The van der Waals surface area contributed by atoms with E-state index in [1.807, 2.05) is 25.1 Å². The minimum Gasteiger partial charge on any atom is -0.356 e. The topological polar surface area (TPSA) is 44.9 Å². The molecule has 0 aliphatic heterocycles. The van der Waals surface area contributed by atoms with Gasteiger partial charge in [0, 0.05) is 16.4 Å². The van der Waals surface area contributed by atoms with Crippen LogP contribution in [0.2, 0.25) is 0 Å². The summed E-state index contributed by atoms with van der Waals surface area (Å²) < 4.78 is 0.869. The second kappa shape index (κ2) is 5.40. The van der Waals surface area contributed by atoms with E-state index in [2.05, 4.69) is 33.2 Å². The van der Waals surface area contributed by atoms with E-state index in [9.17, 15) is 4.79 Å². The van der Waals surface area contributed by atoms with Gasteiger partial charge in [-0.25, -0.2) is 0 Å². The Morgan fingerprint density at radius 3 is 2.83 bits per heavy atom. The van der Waals surface area contributed by atoms with Gasteiger partial charge in [-0.15, -0.1) is 0 Å². The van der Waals surface area contributed by atoms with Crippen LogP contribution >= 0.6 is 15.9 Å². The normalized spacial score (nSPS) is 10.4. The maximum Gasteiger partial charge on any atom is 0.272 e. The smallest absolute Gasteiger partial charge is 0.272 e. The lowest BCUT2D eigenvalue weighted by Gasteiger charge is -2.12. The molecule has 0 saturated carbocycles. The zero-order valence-corrected chi connectivity index (χ0v) is 12.0. The van der Waals surface area contributed by atoms with Crippen molar-refractivity contribution >= 4 is 27.5 Å². The van der Waals surface area contributed by atoms with Crippen molar-refractivity contribution < 1.29 is 4.79 Å². The van der Waals surface area contributed by atoms with Gasteiger partial charge in [0.2, 0.25) is 0 Å². The highest BCUT2D eigenvalue weighted by molar-refractivity contribution is 9.10. The molecule has 18 heavy (non-hydrogen) atoms. The zero-order chi connectivity index (χ0) is 13.1. The number of halogens is 1. The molecule has 1 heterocycles. The average molecular weight is 307 g/mol. The summed E-state index contributed by atoms with van der Waals surface area (Å²) in [5, 5.41) is 2.97. The molecule has 0 fully saturated rings. The Kier molecular flexibility index (Phi) is 3.87. The molecule has 0 unspecified atom stereocenters. The molecule has 1 aromatic carbocycles. The summed E-state index contributed by atoms with van der Waals surface area (Å²) in [6.45, 7) is 4.08. The molecule has 2 aromatic rings. The van der Waals surface area contributed by atoms with Gasteiger partial charge in [-0.3, -0.25) is 4.79 Å². The summed E-state index contributed by atoms with van der Waals surface area (Å²) in [4.78, 5) is 15.0. The van der Waals surface area contributed by atoms with Gasteiger partial charge in [-0.1, -0.05) is 25.1 Å². The molecule has 1 aromatic heterocycles. The lowest BCUT2D eigenvalue weighted by molar-refractivity contribution is 0.102. The number of aromatic amines is 1. The van der Waals surface area contributed by atoms with E-state index < -0.39 is 0 Å². The molecule has 0 bridgehead atoms. The van der Waals surface area contributed by atoms with Gasteiger partial charge in [-0.2, -0.15) is 0 Å². The highest BCUT2D eigenvalue weighted by Crippen LogP contribution is 2.22. The van der Waals surface area contributed by atoms with Gasteiger partial charge >= 0.3 is 0 Å². The Morgan fingerprint density at radius 1 is 1.44 bits per heavy atom. The number of amides is 1. The SMILES string of the molecule is CCc1cccc(C)c1NC(=O)c1cc(Br)c[nH]1. The summed E-state index contributed by atoms with van der Waals surface area (Å²) >= 11 is 3.32.